The average molecular weight is 803 g/mol. The Morgan fingerprint density at radius 3 is 0.600 bits per heavy atom. The summed E-state index contributed by atoms with van der Waals surface area (Å²) in [5.74, 6) is 0. The molecule has 0 amide bonds. The first-order valence-electron chi connectivity index (χ1n) is 20.2. The fourth-order valence-corrected chi connectivity index (χ4v) is 4.40. The van der Waals surface area contributed by atoms with E-state index in [2.05, 4.69) is 0 Å². The van der Waals surface area contributed by atoms with Crippen LogP contribution < -0.4 is 0 Å². The van der Waals surface area contributed by atoms with Gasteiger partial charge in [0, 0.05) is 7.11 Å². The molecule has 0 fully saturated rings. The highest BCUT2D eigenvalue weighted by molar-refractivity contribution is 4.62. The second kappa shape index (κ2) is 34.3. The van der Waals surface area contributed by atoms with Crippen molar-refractivity contribution in [2.24, 2.45) is 0 Å². The lowest BCUT2D eigenvalue weighted by atomic mass is 10.3. The standard InChI is InChI=1S/C40H82O15/c1-28(14-41)44-15-29(2)45-16-30(3)46-17-31(4)47-18-32(5)48-19-33(6)49-20-34(7)50-21-35(8)51-22-36(9)52-23-37(10)53-24-38(11)54-25-39(12)55-27-40(42)26-43-13/h28-42H,14-27H2,1-13H3. The van der Waals surface area contributed by atoms with E-state index in [4.69, 9.17) is 66.7 Å². The van der Waals surface area contributed by atoms with Gasteiger partial charge in [0.05, 0.1) is 166 Å². The fourth-order valence-electron chi connectivity index (χ4n) is 4.40. The predicted octanol–water partition coefficient (Wildman–Crippen LogP) is 3.85. The van der Waals surface area contributed by atoms with E-state index >= 15 is 0 Å². The molecule has 0 aliphatic carbocycles. The number of aliphatic hydroxyl groups excluding tert-OH is 2. The summed E-state index contributed by atoms with van der Waals surface area (Å²) in [6, 6.07) is 0. The van der Waals surface area contributed by atoms with Crippen LogP contribution in [0.3, 0.4) is 0 Å². The van der Waals surface area contributed by atoms with Crippen molar-refractivity contribution >= 4 is 0 Å². The zero-order valence-corrected chi connectivity index (χ0v) is 36.6. The first-order valence-corrected chi connectivity index (χ1v) is 20.2. The van der Waals surface area contributed by atoms with Crippen LogP contribution in [0.5, 0.6) is 0 Å². The molecular formula is C40H82O15. The summed E-state index contributed by atoms with van der Waals surface area (Å²) in [6.45, 7) is 28.6. The number of hydrogen-bond donors (Lipinski definition) is 2. The maximum atomic E-state index is 9.69. The molecule has 13 unspecified atom stereocenters. The third-order valence-corrected chi connectivity index (χ3v) is 7.96. The molecule has 0 bridgehead atoms. The lowest BCUT2D eigenvalue weighted by Gasteiger charge is -2.23. The second-order valence-corrected chi connectivity index (χ2v) is 15.0. The zero-order chi connectivity index (χ0) is 41.6. The molecule has 0 saturated carbocycles. The minimum Gasteiger partial charge on any atom is -0.394 e. The maximum Gasteiger partial charge on any atom is 0.101 e. The van der Waals surface area contributed by atoms with E-state index in [0.29, 0.717) is 72.7 Å². The van der Waals surface area contributed by atoms with Gasteiger partial charge in [-0.1, -0.05) is 0 Å². The van der Waals surface area contributed by atoms with Crippen LogP contribution in [0.2, 0.25) is 0 Å². The highest BCUT2D eigenvalue weighted by Crippen LogP contribution is 2.07. The summed E-state index contributed by atoms with van der Waals surface area (Å²) in [5.41, 5.74) is 0. The third-order valence-electron chi connectivity index (χ3n) is 7.96. The van der Waals surface area contributed by atoms with E-state index in [1.807, 2.05) is 83.1 Å². The Morgan fingerprint density at radius 1 is 0.273 bits per heavy atom. The molecule has 332 valence electrons. The van der Waals surface area contributed by atoms with Crippen LogP contribution >= 0.6 is 0 Å². The van der Waals surface area contributed by atoms with Crippen LogP contribution in [0.15, 0.2) is 0 Å². The molecule has 13 atom stereocenters. The Kier molecular flexibility index (Phi) is 33.9. The summed E-state index contributed by atoms with van der Waals surface area (Å²) in [7, 11) is 1.54. The van der Waals surface area contributed by atoms with Gasteiger partial charge in [-0.3, -0.25) is 0 Å². The third kappa shape index (κ3) is 34.0. The summed E-state index contributed by atoms with van der Waals surface area (Å²) >= 11 is 0. The molecular weight excluding hydrogens is 720 g/mol. The second-order valence-electron chi connectivity index (χ2n) is 15.0. The van der Waals surface area contributed by atoms with Gasteiger partial charge in [0.25, 0.3) is 0 Å². The normalized spacial score (nSPS) is 19.5. The van der Waals surface area contributed by atoms with E-state index in [-0.39, 0.29) is 93.1 Å². The first-order chi connectivity index (χ1) is 26.0. The quantitative estimate of drug-likeness (QED) is 0.0922. The highest BCUT2D eigenvalue weighted by Gasteiger charge is 2.17. The van der Waals surface area contributed by atoms with Crippen molar-refractivity contribution in [1.29, 1.82) is 0 Å². The van der Waals surface area contributed by atoms with Gasteiger partial charge in [-0.25, -0.2) is 0 Å². The molecule has 15 heteroatoms. The first kappa shape index (κ1) is 54.4. The van der Waals surface area contributed by atoms with Crippen LogP contribution in [0.4, 0.5) is 0 Å². The van der Waals surface area contributed by atoms with Crippen LogP contribution in [-0.2, 0) is 61.6 Å². The summed E-state index contributed by atoms with van der Waals surface area (Å²) in [6.07, 6.45) is -1.95. The van der Waals surface area contributed by atoms with Gasteiger partial charge < -0.3 is 71.8 Å². The Morgan fingerprint density at radius 2 is 0.436 bits per heavy atom. The van der Waals surface area contributed by atoms with Crippen molar-refractivity contribution in [2.45, 2.75) is 162 Å². The van der Waals surface area contributed by atoms with E-state index in [9.17, 15) is 5.11 Å². The van der Waals surface area contributed by atoms with Crippen molar-refractivity contribution < 1.29 is 71.8 Å². The number of rotatable bonds is 39. The van der Waals surface area contributed by atoms with E-state index in [1.54, 1.807) is 7.11 Å². The molecule has 2 N–H and O–H groups in total. The molecule has 0 heterocycles. The molecule has 0 aliphatic rings. The van der Waals surface area contributed by atoms with Crippen molar-refractivity contribution in [3.05, 3.63) is 0 Å². The van der Waals surface area contributed by atoms with Gasteiger partial charge in [-0.2, -0.15) is 0 Å². The fraction of sp³-hybridized carbons (Fsp3) is 1.00. The monoisotopic (exact) mass is 803 g/mol. The molecule has 0 rings (SSSR count). The molecule has 0 aromatic rings. The predicted molar refractivity (Wildman–Crippen MR) is 210 cm³/mol. The SMILES string of the molecule is COCC(O)COC(C)COC(C)COC(C)COC(C)COC(C)COC(C)COC(C)COC(C)COC(C)COC(C)COC(C)COC(C)CO. The molecule has 0 saturated heterocycles. The largest absolute Gasteiger partial charge is 0.394 e. The summed E-state index contributed by atoms with van der Waals surface area (Å²) in [4.78, 5) is 0. The summed E-state index contributed by atoms with van der Waals surface area (Å²) < 4.78 is 74.9. The molecule has 15 nitrogen and oxygen atoms in total. The van der Waals surface area contributed by atoms with Crippen LogP contribution in [0, 0.1) is 0 Å². The van der Waals surface area contributed by atoms with Gasteiger partial charge >= 0.3 is 0 Å². The number of ether oxygens (including phenoxy) is 13. The van der Waals surface area contributed by atoms with Gasteiger partial charge in [-0.05, 0) is 83.1 Å². The molecule has 0 aromatic carbocycles. The molecule has 0 spiro atoms. The van der Waals surface area contributed by atoms with Crippen LogP contribution in [0.1, 0.15) is 83.1 Å². The minimum absolute atomic E-state index is 0.00889. The molecule has 0 aromatic heterocycles. The van der Waals surface area contributed by atoms with Crippen molar-refractivity contribution in [3.63, 3.8) is 0 Å². The van der Waals surface area contributed by atoms with Crippen molar-refractivity contribution in [2.75, 3.05) is 99.6 Å². The Labute approximate surface area is 333 Å². The minimum atomic E-state index is -0.647. The lowest BCUT2D eigenvalue weighted by Crippen LogP contribution is -2.31. The van der Waals surface area contributed by atoms with E-state index in [0.717, 1.165) is 0 Å². The van der Waals surface area contributed by atoms with Crippen molar-refractivity contribution in [3.8, 4) is 0 Å². The van der Waals surface area contributed by atoms with Gasteiger partial charge in [0.2, 0.25) is 0 Å². The van der Waals surface area contributed by atoms with E-state index < -0.39 is 6.10 Å². The molecule has 55 heavy (non-hydrogen) atoms. The van der Waals surface area contributed by atoms with Gasteiger partial charge in [0.15, 0.2) is 0 Å². The number of methoxy groups -OCH3 is 1. The molecule has 0 aliphatic heterocycles. The Hall–Kier alpha value is -0.600. The topological polar surface area (TPSA) is 160 Å². The smallest absolute Gasteiger partial charge is 0.101 e. The lowest BCUT2D eigenvalue weighted by molar-refractivity contribution is -0.115. The Balaban J connectivity index is 3.95. The van der Waals surface area contributed by atoms with Crippen molar-refractivity contribution in [1.82, 2.24) is 0 Å². The van der Waals surface area contributed by atoms with Gasteiger partial charge in [-0.15, -0.1) is 0 Å². The Bertz CT molecular complexity index is 844. The van der Waals surface area contributed by atoms with E-state index in [1.165, 1.54) is 0 Å². The zero-order valence-electron chi connectivity index (χ0n) is 36.6. The molecule has 0 radical (unpaired) electrons. The highest BCUT2D eigenvalue weighted by atomic mass is 16.6. The average Bonchev–Trinajstić information content (AvgIpc) is 3.16. The maximum absolute atomic E-state index is 9.69. The van der Waals surface area contributed by atoms with Gasteiger partial charge in [0.1, 0.15) is 6.10 Å². The van der Waals surface area contributed by atoms with Crippen LogP contribution in [-0.4, -0.2) is 189 Å². The number of hydrogen-bond acceptors (Lipinski definition) is 15. The summed E-state index contributed by atoms with van der Waals surface area (Å²) in [5, 5.41) is 18.7. The van der Waals surface area contributed by atoms with Crippen LogP contribution in [0.25, 0.3) is 0 Å². The number of aliphatic hydroxyl groups is 2.